The van der Waals surface area contributed by atoms with Gasteiger partial charge in [0.25, 0.3) is 0 Å². The maximum absolute atomic E-state index is 12.0. The van der Waals surface area contributed by atoms with Crippen molar-refractivity contribution in [1.29, 1.82) is 0 Å². The van der Waals surface area contributed by atoms with Crippen LogP contribution >= 0.6 is 0 Å². The average molecular weight is 264 g/mol. The van der Waals surface area contributed by atoms with Crippen LogP contribution in [0.5, 0.6) is 0 Å². The number of amides is 2. The van der Waals surface area contributed by atoms with E-state index in [1.807, 2.05) is 32.0 Å². The van der Waals surface area contributed by atoms with Gasteiger partial charge in [-0.2, -0.15) is 0 Å². The Labute approximate surface area is 113 Å². The van der Waals surface area contributed by atoms with E-state index in [-0.39, 0.29) is 5.92 Å². The molecule has 2 unspecified atom stereocenters. The van der Waals surface area contributed by atoms with Gasteiger partial charge in [0.15, 0.2) is 0 Å². The van der Waals surface area contributed by atoms with Crippen LogP contribution in [-0.4, -0.2) is 30.2 Å². The molecule has 1 aromatic carbocycles. The lowest BCUT2D eigenvalue weighted by molar-refractivity contribution is -0.140. The van der Waals surface area contributed by atoms with Gasteiger partial charge in [-0.25, -0.2) is 9.59 Å². The summed E-state index contributed by atoms with van der Waals surface area (Å²) in [4.78, 5) is 24.6. The molecule has 0 radical (unpaired) electrons. The molecule has 104 valence electrons. The molecular formula is C14H20N2O3. The van der Waals surface area contributed by atoms with Gasteiger partial charge in [0, 0.05) is 12.7 Å². The summed E-state index contributed by atoms with van der Waals surface area (Å²) in [6, 6.07) is 7.79. The molecule has 0 saturated heterocycles. The highest BCUT2D eigenvalue weighted by Crippen LogP contribution is 2.13. The van der Waals surface area contributed by atoms with Gasteiger partial charge in [-0.3, -0.25) is 4.90 Å². The summed E-state index contributed by atoms with van der Waals surface area (Å²) < 4.78 is 0. The first-order valence-electron chi connectivity index (χ1n) is 6.29. The minimum Gasteiger partial charge on any atom is -0.480 e. The molecule has 0 aromatic heterocycles. The summed E-state index contributed by atoms with van der Waals surface area (Å²) in [6.07, 6.45) is 0.687. The second-order valence-corrected chi connectivity index (χ2v) is 4.55. The molecule has 1 aromatic rings. The number of carboxylic acid groups (broad SMARTS) is 1. The van der Waals surface area contributed by atoms with Crippen molar-refractivity contribution in [2.75, 3.05) is 11.9 Å². The lowest BCUT2D eigenvalue weighted by Gasteiger charge is -2.24. The fraction of sp³-hybridized carbons (Fsp3) is 0.429. The molecular weight excluding hydrogens is 244 g/mol. The van der Waals surface area contributed by atoms with E-state index in [1.54, 1.807) is 19.2 Å². The molecule has 0 fully saturated rings. The Bertz CT molecular complexity index is 434. The van der Waals surface area contributed by atoms with Gasteiger partial charge in [-0.15, -0.1) is 0 Å². The molecule has 0 aliphatic heterocycles. The van der Waals surface area contributed by atoms with Gasteiger partial charge >= 0.3 is 12.0 Å². The van der Waals surface area contributed by atoms with Crippen molar-refractivity contribution in [2.24, 2.45) is 5.92 Å². The highest BCUT2D eigenvalue weighted by Gasteiger charge is 2.26. The molecule has 2 atom stereocenters. The van der Waals surface area contributed by atoms with Gasteiger partial charge in [0.2, 0.25) is 0 Å². The topological polar surface area (TPSA) is 69.6 Å². The smallest absolute Gasteiger partial charge is 0.326 e. The zero-order chi connectivity index (χ0) is 14.4. The summed E-state index contributed by atoms with van der Waals surface area (Å²) in [6.45, 7) is 3.70. The van der Waals surface area contributed by atoms with Crippen LogP contribution in [-0.2, 0) is 4.79 Å². The quantitative estimate of drug-likeness (QED) is 0.857. The van der Waals surface area contributed by atoms with E-state index in [1.165, 1.54) is 4.90 Å². The molecule has 0 saturated carbocycles. The van der Waals surface area contributed by atoms with E-state index in [9.17, 15) is 9.59 Å². The number of nitrogens with zero attached hydrogens (tertiary/aromatic N) is 1. The Hall–Kier alpha value is -2.04. The third-order valence-electron chi connectivity index (χ3n) is 3.21. The third-order valence-corrected chi connectivity index (χ3v) is 3.21. The van der Waals surface area contributed by atoms with Gasteiger partial charge in [0.1, 0.15) is 6.04 Å². The molecule has 0 bridgehead atoms. The first-order valence-corrected chi connectivity index (χ1v) is 6.29. The number of hydrogen-bond donors (Lipinski definition) is 2. The van der Waals surface area contributed by atoms with Crippen LogP contribution in [0.2, 0.25) is 0 Å². The van der Waals surface area contributed by atoms with Crippen LogP contribution < -0.4 is 10.2 Å². The van der Waals surface area contributed by atoms with E-state index in [4.69, 9.17) is 5.11 Å². The Balaban J connectivity index is 2.75. The number of aliphatic carboxylic acids is 1. The molecule has 0 aliphatic rings. The highest BCUT2D eigenvalue weighted by atomic mass is 16.4. The maximum atomic E-state index is 12.0. The third kappa shape index (κ3) is 3.98. The number of hydrogen-bond acceptors (Lipinski definition) is 2. The first kappa shape index (κ1) is 15.0. The minimum atomic E-state index is -1.01. The van der Waals surface area contributed by atoms with Crippen molar-refractivity contribution in [3.8, 4) is 0 Å². The van der Waals surface area contributed by atoms with Gasteiger partial charge in [-0.05, 0) is 18.1 Å². The van der Waals surface area contributed by atoms with Crippen molar-refractivity contribution < 1.29 is 14.7 Å². The number of urea groups is 1. The number of carboxylic acids is 1. The van der Waals surface area contributed by atoms with E-state index in [0.717, 1.165) is 0 Å². The standard InChI is InChI=1S/C14H20N2O3/c1-4-10(2)12(13(17)18)15-14(19)16(3)11-8-6-5-7-9-11/h5-10,12H,4H2,1-3H3,(H,15,19)(H,17,18). The molecule has 5 heteroatoms. The molecule has 0 heterocycles. The second kappa shape index (κ2) is 6.78. The molecule has 1 rings (SSSR count). The Kier molecular flexibility index (Phi) is 5.36. The van der Waals surface area contributed by atoms with Gasteiger partial charge in [0.05, 0.1) is 0 Å². The minimum absolute atomic E-state index is 0.120. The number of benzene rings is 1. The highest BCUT2D eigenvalue weighted by molar-refractivity contribution is 5.94. The number of carbonyl (C=O) groups is 2. The fourth-order valence-corrected chi connectivity index (χ4v) is 1.68. The van der Waals surface area contributed by atoms with Crippen LogP contribution in [0.3, 0.4) is 0 Å². The lowest BCUT2D eigenvalue weighted by atomic mass is 9.99. The molecule has 5 nitrogen and oxygen atoms in total. The van der Waals surface area contributed by atoms with Crippen molar-refractivity contribution in [3.05, 3.63) is 30.3 Å². The molecule has 2 N–H and O–H groups in total. The largest absolute Gasteiger partial charge is 0.480 e. The summed E-state index contributed by atoms with van der Waals surface area (Å²) in [7, 11) is 1.61. The predicted octanol–water partition coefficient (Wildman–Crippen LogP) is 2.33. The normalized spacial score (nSPS) is 13.4. The lowest BCUT2D eigenvalue weighted by Crippen LogP contribution is -2.49. The van der Waals surface area contributed by atoms with E-state index in [0.29, 0.717) is 12.1 Å². The van der Waals surface area contributed by atoms with E-state index in [2.05, 4.69) is 5.32 Å². The molecule has 19 heavy (non-hydrogen) atoms. The van der Waals surface area contributed by atoms with E-state index >= 15 is 0 Å². The van der Waals surface area contributed by atoms with Crippen molar-refractivity contribution in [1.82, 2.24) is 5.32 Å². The van der Waals surface area contributed by atoms with Gasteiger partial charge in [-0.1, -0.05) is 38.5 Å². The Morgan fingerprint density at radius 3 is 2.37 bits per heavy atom. The number of anilines is 1. The zero-order valence-electron chi connectivity index (χ0n) is 11.5. The summed E-state index contributed by atoms with van der Waals surface area (Å²) in [5, 5.41) is 11.7. The fourth-order valence-electron chi connectivity index (χ4n) is 1.68. The number of para-hydroxylation sites is 1. The van der Waals surface area contributed by atoms with E-state index < -0.39 is 18.0 Å². The van der Waals surface area contributed by atoms with Crippen molar-refractivity contribution in [2.45, 2.75) is 26.3 Å². The van der Waals surface area contributed by atoms with Crippen molar-refractivity contribution in [3.63, 3.8) is 0 Å². The monoisotopic (exact) mass is 264 g/mol. The van der Waals surface area contributed by atoms with Gasteiger partial charge < -0.3 is 10.4 Å². The number of nitrogens with one attached hydrogen (secondary N) is 1. The van der Waals surface area contributed by atoms with Crippen LogP contribution in [0.4, 0.5) is 10.5 Å². The maximum Gasteiger partial charge on any atom is 0.326 e. The molecule has 0 aliphatic carbocycles. The molecule has 0 spiro atoms. The Morgan fingerprint density at radius 2 is 1.89 bits per heavy atom. The van der Waals surface area contributed by atoms with Crippen LogP contribution in [0.15, 0.2) is 30.3 Å². The van der Waals surface area contributed by atoms with Crippen LogP contribution in [0.1, 0.15) is 20.3 Å². The Morgan fingerprint density at radius 1 is 1.32 bits per heavy atom. The summed E-state index contributed by atoms with van der Waals surface area (Å²) in [5.74, 6) is -1.13. The zero-order valence-corrected chi connectivity index (χ0v) is 11.5. The van der Waals surface area contributed by atoms with Crippen LogP contribution in [0, 0.1) is 5.92 Å². The first-order chi connectivity index (χ1) is 8.97. The SMILES string of the molecule is CCC(C)C(NC(=O)N(C)c1ccccc1)C(=O)O. The number of rotatable bonds is 5. The predicted molar refractivity (Wildman–Crippen MR) is 74.3 cm³/mol. The summed E-state index contributed by atoms with van der Waals surface area (Å²) >= 11 is 0. The molecule has 2 amide bonds. The van der Waals surface area contributed by atoms with Crippen molar-refractivity contribution >= 4 is 17.7 Å². The number of carbonyl (C=O) groups excluding carboxylic acids is 1. The van der Waals surface area contributed by atoms with Crippen LogP contribution in [0.25, 0.3) is 0 Å². The summed E-state index contributed by atoms with van der Waals surface area (Å²) in [5.41, 5.74) is 0.716. The second-order valence-electron chi connectivity index (χ2n) is 4.55. The average Bonchev–Trinajstić information content (AvgIpc) is 2.43.